The fraction of sp³-hybridized carbons (Fsp3) is 0.333. The van der Waals surface area contributed by atoms with Gasteiger partial charge in [-0.2, -0.15) is 5.10 Å². The Morgan fingerprint density at radius 3 is 3.00 bits per heavy atom. The molecule has 0 spiro atoms. The molecule has 4 nitrogen and oxygen atoms in total. The van der Waals surface area contributed by atoms with Crippen LogP contribution in [0.5, 0.6) is 0 Å². The van der Waals surface area contributed by atoms with Gasteiger partial charge < -0.3 is 5.11 Å². The molecule has 2 aromatic rings. The predicted molar refractivity (Wildman–Crippen MR) is 68.5 cm³/mol. The standard InChI is InChI=1S/C12H14BrN3O/c1-2-5-16-11(3-4-15-16)12(17)9-6-10(13)8-14-7-9/h3-4,6-8,12,17H,2,5H2,1H3. The van der Waals surface area contributed by atoms with Gasteiger partial charge >= 0.3 is 0 Å². The van der Waals surface area contributed by atoms with Gasteiger partial charge in [-0.15, -0.1) is 0 Å². The van der Waals surface area contributed by atoms with E-state index in [1.807, 2.05) is 16.8 Å². The van der Waals surface area contributed by atoms with E-state index in [1.54, 1.807) is 18.6 Å². The Morgan fingerprint density at radius 1 is 1.47 bits per heavy atom. The van der Waals surface area contributed by atoms with Crippen molar-refractivity contribution in [2.45, 2.75) is 26.0 Å². The van der Waals surface area contributed by atoms with Gasteiger partial charge in [0.25, 0.3) is 0 Å². The Morgan fingerprint density at radius 2 is 2.29 bits per heavy atom. The lowest BCUT2D eigenvalue weighted by atomic mass is 10.1. The summed E-state index contributed by atoms with van der Waals surface area (Å²) in [5.74, 6) is 0. The topological polar surface area (TPSA) is 50.9 Å². The van der Waals surface area contributed by atoms with Crippen LogP contribution in [-0.2, 0) is 6.54 Å². The number of aliphatic hydroxyl groups excluding tert-OH is 1. The van der Waals surface area contributed by atoms with Crippen molar-refractivity contribution in [2.24, 2.45) is 0 Å². The van der Waals surface area contributed by atoms with E-state index in [1.165, 1.54) is 0 Å². The Labute approximate surface area is 108 Å². The molecule has 1 unspecified atom stereocenters. The van der Waals surface area contributed by atoms with Crippen LogP contribution in [0.25, 0.3) is 0 Å². The molecule has 0 bridgehead atoms. The first-order valence-electron chi connectivity index (χ1n) is 5.52. The molecule has 2 heterocycles. The van der Waals surface area contributed by atoms with Crippen LogP contribution in [0, 0.1) is 0 Å². The van der Waals surface area contributed by atoms with E-state index in [4.69, 9.17) is 0 Å². The van der Waals surface area contributed by atoms with Crippen LogP contribution in [0.4, 0.5) is 0 Å². The summed E-state index contributed by atoms with van der Waals surface area (Å²) in [5.41, 5.74) is 1.56. The SMILES string of the molecule is CCCn1nccc1C(O)c1cncc(Br)c1. The van der Waals surface area contributed by atoms with Crippen LogP contribution in [0.1, 0.15) is 30.7 Å². The lowest BCUT2D eigenvalue weighted by Crippen LogP contribution is -2.10. The highest BCUT2D eigenvalue weighted by Gasteiger charge is 2.15. The predicted octanol–water partition coefficient (Wildman–Crippen LogP) is 2.53. The second-order valence-corrected chi connectivity index (χ2v) is 4.73. The quantitative estimate of drug-likeness (QED) is 0.943. The van der Waals surface area contributed by atoms with Gasteiger partial charge in [0.05, 0.1) is 5.69 Å². The van der Waals surface area contributed by atoms with Crippen LogP contribution in [0.3, 0.4) is 0 Å². The van der Waals surface area contributed by atoms with E-state index < -0.39 is 6.10 Å². The molecule has 2 rings (SSSR count). The average Bonchev–Trinajstić information content (AvgIpc) is 2.77. The van der Waals surface area contributed by atoms with E-state index in [2.05, 4.69) is 32.9 Å². The van der Waals surface area contributed by atoms with Crippen molar-refractivity contribution < 1.29 is 5.11 Å². The molecule has 0 saturated carbocycles. The molecule has 0 aliphatic carbocycles. The molecule has 1 atom stereocenters. The monoisotopic (exact) mass is 295 g/mol. The summed E-state index contributed by atoms with van der Waals surface area (Å²) < 4.78 is 2.68. The van der Waals surface area contributed by atoms with Gasteiger partial charge in [-0.3, -0.25) is 9.67 Å². The summed E-state index contributed by atoms with van der Waals surface area (Å²) in [6.45, 7) is 2.89. The summed E-state index contributed by atoms with van der Waals surface area (Å²) in [7, 11) is 0. The number of nitrogens with zero attached hydrogens (tertiary/aromatic N) is 3. The number of aromatic nitrogens is 3. The van der Waals surface area contributed by atoms with Gasteiger partial charge in [-0.05, 0) is 34.5 Å². The largest absolute Gasteiger partial charge is 0.382 e. The maximum atomic E-state index is 10.3. The molecule has 1 N–H and O–H groups in total. The highest BCUT2D eigenvalue weighted by molar-refractivity contribution is 9.10. The van der Waals surface area contributed by atoms with Crippen LogP contribution in [-0.4, -0.2) is 19.9 Å². The fourth-order valence-corrected chi connectivity index (χ4v) is 2.10. The van der Waals surface area contributed by atoms with Crippen LogP contribution in [0.15, 0.2) is 35.2 Å². The molecule has 0 aliphatic heterocycles. The van der Waals surface area contributed by atoms with Crippen molar-refractivity contribution in [3.05, 3.63) is 46.5 Å². The number of hydrogen-bond acceptors (Lipinski definition) is 3. The number of aliphatic hydroxyl groups is 1. The van der Waals surface area contributed by atoms with Gasteiger partial charge in [-0.25, -0.2) is 0 Å². The molecule has 5 heteroatoms. The van der Waals surface area contributed by atoms with Crippen LogP contribution >= 0.6 is 15.9 Å². The van der Waals surface area contributed by atoms with E-state index >= 15 is 0 Å². The van der Waals surface area contributed by atoms with Crippen LogP contribution < -0.4 is 0 Å². The van der Waals surface area contributed by atoms with Gasteiger partial charge in [0.2, 0.25) is 0 Å². The Kier molecular flexibility index (Phi) is 3.91. The second-order valence-electron chi connectivity index (χ2n) is 3.82. The van der Waals surface area contributed by atoms with Gasteiger partial charge in [-0.1, -0.05) is 6.92 Å². The number of aryl methyl sites for hydroxylation is 1. The number of hydrogen-bond donors (Lipinski definition) is 1. The summed E-state index contributed by atoms with van der Waals surface area (Å²) >= 11 is 3.35. The minimum Gasteiger partial charge on any atom is -0.382 e. The third kappa shape index (κ3) is 2.73. The van der Waals surface area contributed by atoms with Crippen molar-refractivity contribution >= 4 is 15.9 Å². The molecular formula is C12H14BrN3O. The first-order valence-corrected chi connectivity index (χ1v) is 6.32. The number of pyridine rings is 1. The van der Waals surface area contributed by atoms with Gasteiger partial charge in [0, 0.05) is 35.2 Å². The average molecular weight is 296 g/mol. The van der Waals surface area contributed by atoms with Crippen molar-refractivity contribution in [1.29, 1.82) is 0 Å². The third-order valence-electron chi connectivity index (χ3n) is 2.51. The van der Waals surface area contributed by atoms with Crippen molar-refractivity contribution in [3.8, 4) is 0 Å². The molecule has 0 saturated heterocycles. The summed E-state index contributed by atoms with van der Waals surface area (Å²) in [4.78, 5) is 4.05. The van der Waals surface area contributed by atoms with Crippen molar-refractivity contribution in [2.75, 3.05) is 0 Å². The molecule has 0 fully saturated rings. The van der Waals surface area contributed by atoms with Gasteiger partial charge in [0.15, 0.2) is 0 Å². The zero-order valence-electron chi connectivity index (χ0n) is 9.55. The summed E-state index contributed by atoms with van der Waals surface area (Å²) in [5, 5.41) is 14.5. The fourth-order valence-electron chi connectivity index (χ4n) is 1.72. The number of rotatable bonds is 4. The molecule has 0 radical (unpaired) electrons. The van der Waals surface area contributed by atoms with E-state index in [-0.39, 0.29) is 0 Å². The highest BCUT2D eigenvalue weighted by atomic mass is 79.9. The normalized spacial score (nSPS) is 12.6. The molecule has 0 aliphatic rings. The van der Waals surface area contributed by atoms with E-state index in [0.717, 1.165) is 28.7 Å². The molecule has 2 aromatic heterocycles. The second kappa shape index (κ2) is 5.42. The van der Waals surface area contributed by atoms with Crippen LogP contribution in [0.2, 0.25) is 0 Å². The van der Waals surface area contributed by atoms with E-state index in [0.29, 0.717) is 0 Å². The third-order valence-corrected chi connectivity index (χ3v) is 2.94. The molecule has 0 amide bonds. The number of halogens is 1. The lowest BCUT2D eigenvalue weighted by Gasteiger charge is -2.13. The summed E-state index contributed by atoms with van der Waals surface area (Å²) in [6.07, 6.45) is 5.37. The van der Waals surface area contributed by atoms with Crippen molar-refractivity contribution in [1.82, 2.24) is 14.8 Å². The first kappa shape index (κ1) is 12.3. The Bertz CT molecular complexity index is 498. The highest BCUT2D eigenvalue weighted by Crippen LogP contribution is 2.23. The minimum atomic E-state index is -0.686. The van der Waals surface area contributed by atoms with E-state index in [9.17, 15) is 5.11 Å². The summed E-state index contributed by atoms with van der Waals surface area (Å²) in [6, 6.07) is 3.70. The lowest BCUT2D eigenvalue weighted by molar-refractivity contribution is 0.207. The maximum Gasteiger partial charge on any atom is 0.122 e. The Hall–Kier alpha value is -1.20. The molecule has 90 valence electrons. The first-order chi connectivity index (χ1) is 8.22. The molecule has 0 aromatic carbocycles. The smallest absolute Gasteiger partial charge is 0.122 e. The van der Waals surface area contributed by atoms with Crippen molar-refractivity contribution in [3.63, 3.8) is 0 Å². The zero-order valence-corrected chi connectivity index (χ0v) is 11.1. The molecule has 17 heavy (non-hydrogen) atoms. The zero-order chi connectivity index (χ0) is 12.3. The molecular weight excluding hydrogens is 282 g/mol. The Balaban J connectivity index is 2.30. The minimum absolute atomic E-state index is 0.686. The maximum absolute atomic E-state index is 10.3. The van der Waals surface area contributed by atoms with Gasteiger partial charge in [0.1, 0.15) is 6.10 Å².